The number of β-amino-alcohol motifs (C(OH)–C–C–N with tert-alkyl or cyclic N) is 1. The third-order valence-electron chi connectivity index (χ3n) is 5.96. The Kier molecular flexibility index (Phi) is 4.51. The molecule has 1 spiro atoms. The number of hydrogen-bond donors (Lipinski definition) is 1. The van der Waals surface area contributed by atoms with Crippen LogP contribution >= 0.6 is 11.6 Å². The van der Waals surface area contributed by atoms with Gasteiger partial charge < -0.3 is 19.3 Å². The van der Waals surface area contributed by atoms with Crippen molar-refractivity contribution >= 4 is 40.1 Å². The van der Waals surface area contributed by atoms with Crippen molar-refractivity contribution in [3.8, 4) is 0 Å². The zero-order valence-electron chi connectivity index (χ0n) is 17.2. The number of rotatable bonds is 4. The Labute approximate surface area is 188 Å². The van der Waals surface area contributed by atoms with Crippen LogP contribution in [0.5, 0.6) is 0 Å². The van der Waals surface area contributed by atoms with Crippen LogP contribution in [0.3, 0.4) is 0 Å². The van der Waals surface area contributed by atoms with Crippen LogP contribution in [0.4, 0.5) is 5.69 Å². The van der Waals surface area contributed by atoms with Crippen LogP contribution in [0, 0.1) is 0 Å². The van der Waals surface area contributed by atoms with Crippen LogP contribution < -0.4 is 10.3 Å². The standard InChI is InChI=1S/C24H19ClN2O5/c1-3-10-26-17-7-5-4-6-16(17)24(23(26)31)19-20(29)15-11-14(25)8-9-18(15)32-21(19)22(30)27(24)12-13(2)28/h3-9,11,13,28H,1,10,12H2,2H3. The third-order valence-corrected chi connectivity index (χ3v) is 6.19. The van der Waals surface area contributed by atoms with E-state index in [0.717, 1.165) is 0 Å². The minimum atomic E-state index is -1.75. The predicted octanol–water partition coefficient (Wildman–Crippen LogP) is 3.06. The van der Waals surface area contributed by atoms with Crippen molar-refractivity contribution in [2.45, 2.75) is 18.6 Å². The van der Waals surface area contributed by atoms with E-state index in [0.29, 0.717) is 16.3 Å². The van der Waals surface area contributed by atoms with Gasteiger partial charge in [-0.05, 0) is 31.2 Å². The summed E-state index contributed by atoms with van der Waals surface area (Å²) in [5.74, 6) is -1.30. The molecular weight excluding hydrogens is 432 g/mol. The second kappa shape index (κ2) is 7.05. The highest BCUT2D eigenvalue weighted by atomic mass is 35.5. The highest BCUT2D eigenvalue weighted by Crippen LogP contribution is 2.52. The van der Waals surface area contributed by atoms with Crippen molar-refractivity contribution in [3.63, 3.8) is 0 Å². The van der Waals surface area contributed by atoms with Crippen LogP contribution in [0.2, 0.25) is 5.02 Å². The number of benzene rings is 2. The molecule has 162 valence electrons. The van der Waals surface area contributed by atoms with Gasteiger partial charge in [-0.1, -0.05) is 35.9 Å². The lowest BCUT2D eigenvalue weighted by molar-refractivity contribution is -0.126. The third kappa shape index (κ3) is 2.49. The maximum Gasteiger partial charge on any atom is 0.291 e. The number of carbonyl (C=O) groups is 2. The minimum Gasteiger partial charge on any atom is -0.450 e. The molecule has 0 bridgehead atoms. The average molecular weight is 451 g/mol. The summed E-state index contributed by atoms with van der Waals surface area (Å²) in [6.07, 6.45) is 0.630. The molecule has 0 radical (unpaired) electrons. The second-order valence-corrected chi connectivity index (χ2v) is 8.41. The molecule has 2 aliphatic rings. The van der Waals surface area contributed by atoms with Crippen molar-refractivity contribution in [1.29, 1.82) is 0 Å². The predicted molar refractivity (Wildman–Crippen MR) is 120 cm³/mol. The largest absolute Gasteiger partial charge is 0.450 e. The molecule has 0 fully saturated rings. The monoisotopic (exact) mass is 450 g/mol. The Balaban J connectivity index is 1.93. The summed E-state index contributed by atoms with van der Waals surface area (Å²) >= 11 is 6.12. The Morgan fingerprint density at radius 2 is 1.97 bits per heavy atom. The number of amides is 2. The molecule has 7 nitrogen and oxygen atoms in total. The maximum absolute atomic E-state index is 14.0. The van der Waals surface area contributed by atoms with E-state index in [2.05, 4.69) is 6.58 Å². The highest BCUT2D eigenvalue weighted by molar-refractivity contribution is 6.31. The molecule has 3 aromatic rings. The lowest BCUT2D eigenvalue weighted by Gasteiger charge is -2.34. The van der Waals surface area contributed by atoms with E-state index in [9.17, 15) is 19.5 Å². The molecule has 5 rings (SSSR count). The summed E-state index contributed by atoms with van der Waals surface area (Å²) < 4.78 is 5.89. The number of nitrogens with zero attached hydrogens (tertiary/aromatic N) is 2. The van der Waals surface area contributed by atoms with Gasteiger partial charge in [-0.15, -0.1) is 6.58 Å². The first-order valence-corrected chi connectivity index (χ1v) is 10.5. The summed E-state index contributed by atoms with van der Waals surface area (Å²) in [5, 5.41) is 10.7. The Hall–Kier alpha value is -3.42. The normalized spacial score (nSPS) is 20.2. The molecule has 0 saturated carbocycles. The number of carbonyl (C=O) groups excluding carboxylic acids is 2. The number of fused-ring (bicyclic) bond motifs is 5. The van der Waals surface area contributed by atoms with Gasteiger partial charge in [0.1, 0.15) is 5.58 Å². The number of aliphatic hydroxyl groups excluding tert-OH is 1. The molecule has 8 heteroatoms. The molecule has 2 aliphatic heterocycles. The van der Waals surface area contributed by atoms with Crippen molar-refractivity contribution in [1.82, 2.24) is 4.90 Å². The van der Waals surface area contributed by atoms with Crippen LogP contribution in [-0.4, -0.2) is 41.0 Å². The first-order chi connectivity index (χ1) is 15.3. The number of para-hydroxylation sites is 1. The molecule has 2 unspecified atom stereocenters. The van der Waals surface area contributed by atoms with Gasteiger partial charge in [0, 0.05) is 23.7 Å². The number of aliphatic hydroxyl groups is 1. The van der Waals surface area contributed by atoms with E-state index in [1.807, 2.05) is 0 Å². The van der Waals surface area contributed by atoms with Gasteiger partial charge in [-0.3, -0.25) is 14.4 Å². The first kappa shape index (κ1) is 20.5. The minimum absolute atomic E-state index is 0.0538. The average Bonchev–Trinajstić information content (AvgIpc) is 3.15. The van der Waals surface area contributed by atoms with Crippen molar-refractivity contribution in [3.05, 3.63) is 87.3 Å². The van der Waals surface area contributed by atoms with Gasteiger partial charge in [0.15, 0.2) is 11.0 Å². The SMILES string of the molecule is C=CCN1C(=O)C2(c3ccccc31)c1c(oc3ccc(Cl)cc3c1=O)C(=O)N2CC(C)O. The summed E-state index contributed by atoms with van der Waals surface area (Å²) in [6.45, 7) is 5.27. The van der Waals surface area contributed by atoms with E-state index < -0.39 is 28.9 Å². The molecule has 1 aromatic heterocycles. The molecule has 32 heavy (non-hydrogen) atoms. The van der Waals surface area contributed by atoms with Crippen molar-refractivity contribution in [2.75, 3.05) is 18.0 Å². The molecule has 1 N–H and O–H groups in total. The van der Waals surface area contributed by atoms with E-state index in [-0.39, 0.29) is 35.4 Å². The Morgan fingerprint density at radius 1 is 1.22 bits per heavy atom. The summed E-state index contributed by atoms with van der Waals surface area (Å²) in [7, 11) is 0. The topological polar surface area (TPSA) is 91.1 Å². The first-order valence-electron chi connectivity index (χ1n) is 10.1. The lowest BCUT2D eigenvalue weighted by Crippen LogP contribution is -2.55. The molecule has 3 heterocycles. The van der Waals surface area contributed by atoms with Gasteiger partial charge in [-0.2, -0.15) is 0 Å². The quantitative estimate of drug-likeness (QED) is 0.617. The molecule has 2 amide bonds. The Bertz CT molecular complexity index is 1380. The zero-order chi connectivity index (χ0) is 22.8. The van der Waals surface area contributed by atoms with Gasteiger partial charge in [0.2, 0.25) is 5.76 Å². The number of hydrogen-bond acceptors (Lipinski definition) is 5. The fourth-order valence-electron chi connectivity index (χ4n) is 4.79. The number of halogens is 1. The molecule has 2 aromatic carbocycles. The van der Waals surface area contributed by atoms with E-state index >= 15 is 0 Å². The molecule has 0 saturated heterocycles. The van der Waals surface area contributed by atoms with Gasteiger partial charge in [0.05, 0.1) is 22.7 Å². The van der Waals surface area contributed by atoms with Gasteiger partial charge in [0.25, 0.3) is 11.8 Å². The van der Waals surface area contributed by atoms with Crippen molar-refractivity contribution < 1.29 is 19.1 Å². The number of anilines is 1. The summed E-state index contributed by atoms with van der Waals surface area (Å²) in [4.78, 5) is 44.1. The highest BCUT2D eigenvalue weighted by Gasteiger charge is 2.64. The summed E-state index contributed by atoms with van der Waals surface area (Å²) in [6, 6.07) is 11.5. The summed E-state index contributed by atoms with van der Waals surface area (Å²) in [5.41, 5.74) is -1.06. The van der Waals surface area contributed by atoms with Crippen LogP contribution in [-0.2, 0) is 10.3 Å². The maximum atomic E-state index is 14.0. The smallest absolute Gasteiger partial charge is 0.291 e. The second-order valence-electron chi connectivity index (χ2n) is 7.97. The molecule has 2 atom stereocenters. The zero-order valence-corrected chi connectivity index (χ0v) is 17.9. The van der Waals surface area contributed by atoms with Gasteiger partial charge >= 0.3 is 0 Å². The fraction of sp³-hybridized carbons (Fsp3) is 0.208. The van der Waals surface area contributed by atoms with Crippen LogP contribution in [0.15, 0.2) is 64.3 Å². The van der Waals surface area contributed by atoms with E-state index in [1.54, 1.807) is 36.4 Å². The van der Waals surface area contributed by atoms with E-state index in [4.69, 9.17) is 16.0 Å². The molecule has 0 aliphatic carbocycles. The van der Waals surface area contributed by atoms with Crippen LogP contribution in [0.1, 0.15) is 28.6 Å². The van der Waals surface area contributed by atoms with Crippen LogP contribution in [0.25, 0.3) is 11.0 Å². The Morgan fingerprint density at radius 3 is 2.69 bits per heavy atom. The fourth-order valence-corrected chi connectivity index (χ4v) is 4.96. The molecular formula is C24H19ClN2O5. The van der Waals surface area contributed by atoms with Crippen molar-refractivity contribution in [2.24, 2.45) is 0 Å². The van der Waals surface area contributed by atoms with E-state index in [1.165, 1.54) is 28.9 Å². The lowest BCUT2D eigenvalue weighted by atomic mass is 9.84. The van der Waals surface area contributed by atoms with Gasteiger partial charge in [-0.25, -0.2) is 0 Å².